The number of carbonyl (C=O) groups excluding carboxylic acids is 1. The average molecular weight is 369 g/mol. The first-order valence-electron chi connectivity index (χ1n) is 5.63. The minimum atomic E-state index is -3.72. The Hall–Kier alpha value is -1.06. The predicted octanol–water partition coefficient (Wildman–Crippen LogP) is 1.37. The van der Waals surface area contributed by atoms with E-state index in [1.807, 2.05) is 0 Å². The van der Waals surface area contributed by atoms with Gasteiger partial charge in [0.05, 0.1) is 15.9 Å². The van der Waals surface area contributed by atoms with Gasteiger partial charge < -0.3 is 4.90 Å². The van der Waals surface area contributed by atoms with Crippen molar-refractivity contribution in [2.24, 2.45) is 11.1 Å². The van der Waals surface area contributed by atoms with Crippen LogP contribution in [0.25, 0.3) is 0 Å². The lowest BCUT2D eigenvalue weighted by Crippen LogP contribution is -2.28. The Bertz CT molecular complexity index is 666. The lowest BCUT2D eigenvalue weighted by Gasteiger charge is -2.18. The first-order valence-corrected chi connectivity index (χ1v) is 8.14. The molecule has 0 aromatic heterocycles. The van der Waals surface area contributed by atoms with Gasteiger partial charge in [0.1, 0.15) is 0 Å². The number of nitrogens with two attached hydrogens (primary N) is 1. The molecule has 1 aliphatic rings. The Morgan fingerprint density at radius 1 is 1.35 bits per heavy atom. The minimum absolute atomic E-state index is 0.00669. The van der Waals surface area contributed by atoms with Crippen molar-refractivity contribution in [3.63, 3.8) is 0 Å². The van der Waals surface area contributed by atoms with Crippen molar-refractivity contribution in [2.75, 3.05) is 17.2 Å². The van der Waals surface area contributed by atoms with E-state index in [1.165, 1.54) is 12.1 Å². The second-order valence-corrected chi connectivity index (χ2v) is 7.11. The van der Waals surface area contributed by atoms with Crippen LogP contribution in [0.4, 0.5) is 14.5 Å². The van der Waals surface area contributed by atoms with E-state index in [2.05, 4.69) is 15.9 Å². The Kier molecular flexibility index (Phi) is 4.12. The molecule has 110 valence electrons. The molecule has 1 amide bonds. The summed E-state index contributed by atoms with van der Waals surface area (Å²) in [5, 5.41) is 4.92. The van der Waals surface area contributed by atoms with Crippen LogP contribution in [-0.2, 0) is 14.8 Å². The lowest BCUT2D eigenvalue weighted by molar-refractivity contribution is -0.117. The Balaban J connectivity index is 2.27. The van der Waals surface area contributed by atoms with E-state index in [0.29, 0.717) is 0 Å². The molecular weight excluding hydrogens is 358 g/mol. The molecule has 1 saturated heterocycles. The molecule has 9 heteroatoms. The Morgan fingerprint density at radius 2 is 2.00 bits per heavy atom. The van der Waals surface area contributed by atoms with Crippen LogP contribution in [-0.4, -0.2) is 26.6 Å². The highest BCUT2D eigenvalue weighted by atomic mass is 79.9. The number of hydrogen-bond donors (Lipinski definition) is 1. The number of rotatable bonds is 3. The summed E-state index contributed by atoms with van der Waals surface area (Å²) in [6, 6.07) is 2.55. The molecule has 0 aliphatic carbocycles. The molecule has 0 saturated carbocycles. The fourth-order valence-electron chi connectivity index (χ4n) is 2.18. The maximum atomic E-state index is 13.8. The molecule has 20 heavy (non-hydrogen) atoms. The second-order valence-electron chi connectivity index (χ2n) is 4.60. The summed E-state index contributed by atoms with van der Waals surface area (Å²) in [4.78, 5) is 12.9. The largest absolute Gasteiger partial charge is 0.309 e. The van der Waals surface area contributed by atoms with Crippen LogP contribution >= 0.6 is 15.9 Å². The molecule has 2 rings (SSSR count). The molecule has 1 aromatic carbocycles. The van der Waals surface area contributed by atoms with E-state index in [-0.39, 0.29) is 28.9 Å². The van der Waals surface area contributed by atoms with E-state index < -0.39 is 33.5 Å². The van der Waals surface area contributed by atoms with Gasteiger partial charge in [0.25, 0.3) is 0 Å². The highest BCUT2D eigenvalue weighted by Crippen LogP contribution is 2.31. The molecule has 1 unspecified atom stereocenters. The van der Waals surface area contributed by atoms with Crippen molar-refractivity contribution in [1.82, 2.24) is 0 Å². The van der Waals surface area contributed by atoms with Gasteiger partial charge in [0.15, 0.2) is 11.6 Å². The molecule has 0 radical (unpaired) electrons. The predicted molar refractivity (Wildman–Crippen MR) is 72.5 cm³/mol. The summed E-state index contributed by atoms with van der Waals surface area (Å²) < 4.78 is 49.2. The Morgan fingerprint density at radius 3 is 2.60 bits per heavy atom. The number of anilines is 1. The average Bonchev–Trinajstić information content (AvgIpc) is 2.65. The van der Waals surface area contributed by atoms with Crippen molar-refractivity contribution < 1.29 is 22.0 Å². The number of sulfonamides is 1. The van der Waals surface area contributed by atoms with Gasteiger partial charge in [0.2, 0.25) is 15.9 Å². The van der Waals surface area contributed by atoms with Crippen LogP contribution in [0.3, 0.4) is 0 Å². The standard InChI is InChI=1S/C11H11BrF2N2O3S/c12-7-1-2-8(11(14)10(7)13)16-4-6(3-9(16)17)5-20(15,18)19/h1-2,6H,3-5H2,(H2,15,18,19). The van der Waals surface area contributed by atoms with Crippen LogP contribution in [0, 0.1) is 17.6 Å². The van der Waals surface area contributed by atoms with Crippen molar-refractivity contribution in [3.8, 4) is 0 Å². The molecule has 1 aliphatic heterocycles. The van der Waals surface area contributed by atoms with Crippen LogP contribution in [0.5, 0.6) is 0 Å². The summed E-state index contributed by atoms with van der Waals surface area (Å²) >= 11 is 2.84. The van der Waals surface area contributed by atoms with Gasteiger partial charge >= 0.3 is 0 Å². The number of hydrogen-bond acceptors (Lipinski definition) is 3. The number of carbonyl (C=O) groups is 1. The first kappa shape index (κ1) is 15.3. The van der Waals surface area contributed by atoms with E-state index in [1.54, 1.807) is 0 Å². The zero-order chi connectivity index (χ0) is 15.1. The fraction of sp³-hybridized carbons (Fsp3) is 0.364. The molecule has 1 aromatic rings. The number of amides is 1. The maximum absolute atomic E-state index is 13.8. The first-order chi connectivity index (χ1) is 9.19. The second kappa shape index (κ2) is 5.38. The van der Waals surface area contributed by atoms with E-state index >= 15 is 0 Å². The van der Waals surface area contributed by atoms with Crippen LogP contribution in [0.15, 0.2) is 16.6 Å². The highest BCUT2D eigenvalue weighted by molar-refractivity contribution is 9.10. The number of halogens is 3. The third-order valence-electron chi connectivity index (χ3n) is 2.98. The molecule has 1 heterocycles. The molecule has 0 bridgehead atoms. The quantitative estimate of drug-likeness (QED) is 0.818. The van der Waals surface area contributed by atoms with Crippen molar-refractivity contribution in [2.45, 2.75) is 6.42 Å². The normalized spacial score (nSPS) is 19.7. The molecule has 2 N–H and O–H groups in total. The Labute approximate surface area is 122 Å². The van der Waals surface area contributed by atoms with Crippen molar-refractivity contribution in [3.05, 3.63) is 28.2 Å². The molecule has 0 spiro atoms. The smallest absolute Gasteiger partial charge is 0.227 e. The summed E-state index contributed by atoms with van der Waals surface area (Å²) in [7, 11) is -3.72. The number of primary sulfonamides is 1. The molecule has 1 atom stereocenters. The van der Waals surface area contributed by atoms with Gasteiger partial charge in [-0.15, -0.1) is 0 Å². The third-order valence-corrected chi connectivity index (χ3v) is 4.53. The van der Waals surface area contributed by atoms with Crippen molar-refractivity contribution in [1.29, 1.82) is 0 Å². The number of benzene rings is 1. The molecular formula is C11H11BrF2N2O3S. The SMILES string of the molecule is NS(=O)(=O)CC1CC(=O)N(c2ccc(Br)c(F)c2F)C1. The van der Waals surface area contributed by atoms with Crippen LogP contribution in [0.2, 0.25) is 0 Å². The minimum Gasteiger partial charge on any atom is -0.309 e. The van der Waals surface area contributed by atoms with Gasteiger partial charge in [-0.05, 0) is 28.1 Å². The summed E-state index contributed by atoms with van der Waals surface area (Å²) in [5.41, 5.74) is -0.201. The fourth-order valence-corrected chi connectivity index (χ4v) is 3.37. The summed E-state index contributed by atoms with van der Waals surface area (Å²) in [5.74, 6) is -3.59. The van der Waals surface area contributed by atoms with Gasteiger partial charge in [-0.2, -0.15) is 0 Å². The monoisotopic (exact) mass is 368 g/mol. The summed E-state index contributed by atoms with van der Waals surface area (Å²) in [6.45, 7) is -0.00669. The van der Waals surface area contributed by atoms with Crippen LogP contribution in [0.1, 0.15) is 6.42 Å². The maximum Gasteiger partial charge on any atom is 0.227 e. The number of nitrogens with zero attached hydrogens (tertiary/aromatic N) is 1. The van der Waals surface area contributed by atoms with Gasteiger partial charge in [-0.3, -0.25) is 4.79 Å². The van der Waals surface area contributed by atoms with Gasteiger partial charge in [-0.25, -0.2) is 22.3 Å². The highest BCUT2D eigenvalue weighted by Gasteiger charge is 2.34. The molecule has 5 nitrogen and oxygen atoms in total. The van der Waals surface area contributed by atoms with E-state index in [4.69, 9.17) is 5.14 Å². The third kappa shape index (κ3) is 3.15. The van der Waals surface area contributed by atoms with Gasteiger partial charge in [0, 0.05) is 18.9 Å². The van der Waals surface area contributed by atoms with Crippen LogP contribution < -0.4 is 10.0 Å². The van der Waals surface area contributed by atoms with E-state index in [0.717, 1.165) is 4.90 Å². The zero-order valence-corrected chi connectivity index (χ0v) is 12.5. The summed E-state index contributed by atoms with van der Waals surface area (Å²) in [6.07, 6.45) is -0.0620. The lowest BCUT2D eigenvalue weighted by atomic mass is 10.1. The van der Waals surface area contributed by atoms with Crippen molar-refractivity contribution >= 4 is 37.5 Å². The van der Waals surface area contributed by atoms with E-state index in [9.17, 15) is 22.0 Å². The van der Waals surface area contributed by atoms with Gasteiger partial charge in [-0.1, -0.05) is 0 Å². The topological polar surface area (TPSA) is 80.5 Å². The zero-order valence-electron chi connectivity index (χ0n) is 10.1. The molecule has 1 fully saturated rings.